The van der Waals surface area contributed by atoms with Gasteiger partial charge >= 0.3 is 0 Å². The largest absolute Gasteiger partial charge is 0.340 e. The minimum Gasteiger partial charge on any atom is -0.340 e. The Hall–Kier alpha value is -2.18. The van der Waals surface area contributed by atoms with Gasteiger partial charge in [0.1, 0.15) is 0 Å². The van der Waals surface area contributed by atoms with Crippen molar-refractivity contribution in [3.63, 3.8) is 0 Å². The molecule has 0 saturated carbocycles. The first kappa shape index (κ1) is 19.6. The molecule has 1 fully saturated rings. The van der Waals surface area contributed by atoms with Gasteiger partial charge in [0, 0.05) is 32.6 Å². The molecule has 1 aliphatic rings. The topological polar surface area (TPSA) is 57.7 Å². The van der Waals surface area contributed by atoms with Gasteiger partial charge in [-0.25, -0.2) is 8.42 Å². The molecule has 2 aromatic carbocycles. The van der Waals surface area contributed by atoms with E-state index in [2.05, 4.69) is 0 Å². The Morgan fingerprint density at radius 1 is 0.963 bits per heavy atom. The first-order chi connectivity index (χ1) is 12.9. The van der Waals surface area contributed by atoms with Gasteiger partial charge in [-0.15, -0.1) is 0 Å². The summed E-state index contributed by atoms with van der Waals surface area (Å²) in [7, 11) is -3.52. The molecule has 5 nitrogen and oxygen atoms in total. The zero-order chi connectivity index (χ0) is 19.4. The van der Waals surface area contributed by atoms with E-state index in [0.29, 0.717) is 43.9 Å². The lowest BCUT2D eigenvalue weighted by Crippen LogP contribution is -2.50. The Balaban J connectivity index is 1.59. The molecule has 27 heavy (non-hydrogen) atoms. The lowest BCUT2D eigenvalue weighted by atomic mass is 10.1. The van der Waals surface area contributed by atoms with Crippen LogP contribution in [0.1, 0.15) is 23.1 Å². The molecule has 0 N–H and O–H groups in total. The molecule has 3 rings (SSSR count). The predicted octanol–water partition coefficient (Wildman–Crippen LogP) is 2.77. The normalized spacial score (nSPS) is 15.7. The third-order valence-electron chi connectivity index (χ3n) is 5.02. The number of hydrogen-bond donors (Lipinski definition) is 0. The van der Waals surface area contributed by atoms with Crippen molar-refractivity contribution in [2.24, 2.45) is 0 Å². The molecule has 0 unspecified atom stereocenters. The van der Waals surface area contributed by atoms with Crippen LogP contribution in [0.4, 0.5) is 0 Å². The van der Waals surface area contributed by atoms with E-state index < -0.39 is 10.0 Å². The molecule has 1 saturated heterocycles. The molecule has 0 bridgehead atoms. The van der Waals surface area contributed by atoms with Crippen molar-refractivity contribution in [2.45, 2.75) is 31.6 Å². The van der Waals surface area contributed by atoms with E-state index in [0.717, 1.165) is 16.7 Å². The number of benzene rings is 2. The number of piperazine rings is 1. The van der Waals surface area contributed by atoms with E-state index in [9.17, 15) is 13.2 Å². The van der Waals surface area contributed by atoms with Crippen LogP contribution in [-0.4, -0.2) is 49.7 Å². The molecular weight excluding hydrogens is 360 g/mol. The van der Waals surface area contributed by atoms with Crippen LogP contribution in [0, 0.1) is 13.8 Å². The number of aryl methyl sites for hydroxylation is 3. The second kappa shape index (κ2) is 8.23. The summed E-state index contributed by atoms with van der Waals surface area (Å²) in [6.07, 6.45) is 1.16. The molecule has 0 atom stereocenters. The fourth-order valence-corrected chi connectivity index (χ4v) is 5.09. The van der Waals surface area contributed by atoms with Crippen LogP contribution in [0.3, 0.4) is 0 Å². The van der Waals surface area contributed by atoms with Crippen LogP contribution in [0.5, 0.6) is 0 Å². The molecule has 0 radical (unpaired) electrons. The van der Waals surface area contributed by atoms with E-state index >= 15 is 0 Å². The Labute approximate surface area is 161 Å². The SMILES string of the molecule is Cc1ccc(C)c(S(=O)(=O)N2CCN(C(=O)CCc3ccccc3)CC2)c1. The standard InChI is InChI=1S/C21H26N2O3S/c1-17-8-9-18(2)20(16-17)27(25,26)23-14-12-22(13-15-23)21(24)11-10-19-6-4-3-5-7-19/h3-9,16H,10-15H2,1-2H3. The van der Waals surface area contributed by atoms with E-state index in [1.165, 1.54) is 4.31 Å². The van der Waals surface area contributed by atoms with Crippen molar-refractivity contribution in [2.75, 3.05) is 26.2 Å². The van der Waals surface area contributed by atoms with Gasteiger partial charge in [-0.1, -0.05) is 42.5 Å². The molecule has 144 valence electrons. The molecule has 1 heterocycles. The highest BCUT2D eigenvalue weighted by molar-refractivity contribution is 7.89. The van der Waals surface area contributed by atoms with Crippen LogP contribution in [-0.2, 0) is 21.2 Å². The lowest BCUT2D eigenvalue weighted by molar-refractivity contribution is -0.132. The van der Waals surface area contributed by atoms with Crippen LogP contribution in [0.25, 0.3) is 0 Å². The number of nitrogens with zero attached hydrogens (tertiary/aromatic N) is 2. The second-order valence-electron chi connectivity index (χ2n) is 7.04. The third-order valence-corrected chi connectivity index (χ3v) is 7.06. The highest BCUT2D eigenvalue weighted by Gasteiger charge is 2.30. The number of rotatable bonds is 5. The minimum absolute atomic E-state index is 0.0858. The summed E-state index contributed by atoms with van der Waals surface area (Å²) in [6.45, 7) is 5.27. The monoisotopic (exact) mass is 386 g/mol. The van der Waals surface area contributed by atoms with E-state index in [-0.39, 0.29) is 5.91 Å². The number of sulfonamides is 1. The Kier molecular flexibility index (Phi) is 5.97. The minimum atomic E-state index is -3.52. The molecular formula is C21H26N2O3S. The summed E-state index contributed by atoms with van der Waals surface area (Å²) < 4.78 is 27.4. The quantitative estimate of drug-likeness (QED) is 0.794. The molecule has 0 spiro atoms. The maximum Gasteiger partial charge on any atom is 0.243 e. The van der Waals surface area contributed by atoms with Gasteiger partial charge in [0.15, 0.2) is 0 Å². The first-order valence-corrected chi connectivity index (χ1v) is 10.7. The van der Waals surface area contributed by atoms with Gasteiger partial charge in [0.2, 0.25) is 15.9 Å². The summed E-state index contributed by atoms with van der Waals surface area (Å²) in [6, 6.07) is 15.4. The average molecular weight is 387 g/mol. The van der Waals surface area contributed by atoms with Crippen molar-refractivity contribution in [3.05, 3.63) is 65.2 Å². The van der Waals surface area contributed by atoms with Crippen molar-refractivity contribution >= 4 is 15.9 Å². The Morgan fingerprint density at radius 2 is 1.63 bits per heavy atom. The zero-order valence-electron chi connectivity index (χ0n) is 15.9. The molecule has 0 aliphatic carbocycles. The van der Waals surface area contributed by atoms with E-state index in [4.69, 9.17) is 0 Å². The molecule has 0 aromatic heterocycles. The summed E-state index contributed by atoms with van der Waals surface area (Å²) in [5.41, 5.74) is 2.82. The molecule has 1 amide bonds. The lowest BCUT2D eigenvalue weighted by Gasteiger charge is -2.34. The van der Waals surface area contributed by atoms with Gasteiger partial charge in [0.25, 0.3) is 0 Å². The highest BCUT2D eigenvalue weighted by atomic mass is 32.2. The van der Waals surface area contributed by atoms with Crippen molar-refractivity contribution in [1.29, 1.82) is 0 Å². The third kappa shape index (κ3) is 4.57. The summed E-state index contributed by atoms with van der Waals surface area (Å²) in [5, 5.41) is 0. The zero-order valence-corrected chi connectivity index (χ0v) is 16.7. The summed E-state index contributed by atoms with van der Waals surface area (Å²) in [5.74, 6) is 0.0858. The fourth-order valence-electron chi connectivity index (χ4n) is 3.36. The smallest absolute Gasteiger partial charge is 0.243 e. The van der Waals surface area contributed by atoms with Gasteiger partial charge in [0.05, 0.1) is 4.90 Å². The van der Waals surface area contributed by atoms with Gasteiger partial charge < -0.3 is 4.90 Å². The van der Waals surface area contributed by atoms with Crippen LogP contribution in [0.2, 0.25) is 0 Å². The number of carbonyl (C=O) groups excluding carboxylic acids is 1. The predicted molar refractivity (Wildman–Crippen MR) is 106 cm³/mol. The maximum atomic E-state index is 13.0. The van der Waals surface area contributed by atoms with Crippen molar-refractivity contribution in [1.82, 2.24) is 9.21 Å². The van der Waals surface area contributed by atoms with Crippen LogP contribution >= 0.6 is 0 Å². The highest BCUT2D eigenvalue weighted by Crippen LogP contribution is 2.22. The first-order valence-electron chi connectivity index (χ1n) is 9.27. The maximum absolute atomic E-state index is 13.0. The number of hydrogen-bond acceptors (Lipinski definition) is 3. The molecule has 2 aromatic rings. The summed E-state index contributed by atoms with van der Waals surface area (Å²) >= 11 is 0. The Bertz CT molecular complexity index is 902. The van der Waals surface area contributed by atoms with Crippen molar-refractivity contribution in [3.8, 4) is 0 Å². The van der Waals surface area contributed by atoms with E-state index in [1.54, 1.807) is 11.0 Å². The average Bonchev–Trinajstić information content (AvgIpc) is 2.68. The fraction of sp³-hybridized carbons (Fsp3) is 0.381. The summed E-state index contributed by atoms with van der Waals surface area (Å²) in [4.78, 5) is 14.6. The Morgan fingerprint density at radius 3 is 2.30 bits per heavy atom. The molecule has 6 heteroatoms. The second-order valence-corrected chi connectivity index (χ2v) is 8.95. The van der Waals surface area contributed by atoms with E-state index in [1.807, 2.05) is 56.3 Å². The van der Waals surface area contributed by atoms with Crippen molar-refractivity contribution < 1.29 is 13.2 Å². The van der Waals surface area contributed by atoms with Gasteiger partial charge in [-0.2, -0.15) is 4.31 Å². The number of carbonyl (C=O) groups is 1. The van der Waals surface area contributed by atoms with Crippen LogP contribution in [0.15, 0.2) is 53.4 Å². The number of amides is 1. The van der Waals surface area contributed by atoms with Crippen LogP contribution < -0.4 is 0 Å². The van der Waals surface area contributed by atoms with Gasteiger partial charge in [-0.3, -0.25) is 4.79 Å². The molecule has 1 aliphatic heterocycles. The van der Waals surface area contributed by atoms with Gasteiger partial charge in [-0.05, 0) is 43.0 Å².